The van der Waals surface area contributed by atoms with Gasteiger partial charge in [0.05, 0.1) is 5.69 Å². The van der Waals surface area contributed by atoms with Gasteiger partial charge >= 0.3 is 0 Å². The average Bonchev–Trinajstić information content (AvgIpc) is 2.59. The van der Waals surface area contributed by atoms with Crippen molar-refractivity contribution in [3.05, 3.63) is 10.6 Å². The topological polar surface area (TPSA) is 36.4 Å². The Morgan fingerprint density at radius 2 is 1.88 bits per heavy atom. The zero-order chi connectivity index (χ0) is 11.7. The predicted octanol–water partition coefficient (Wildman–Crippen LogP) is 1.43. The van der Waals surface area contributed by atoms with Gasteiger partial charge in [-0.1, -0.05) is 0 Å². The highest BCUT2D eigenvalue weighted by Crippen LogP contribution is 2.25. The van der Waals surface area contributed by atoms with Crippen LogP contribution in [0.1, 0.15) is 17.5 Å². The molecule has 1 saturated heterocycles. The number of carbonyl (C=O) groups excluding carboxylic acids is 1. The quantitative estimate of drug-likeness (QED) is 0.744. The molecule has 2 heterocycles. The van der Waals surface area contributed by atoms with Crippen LogP contribution in [0.5, 0.6) is 0 Å². The van der Waals surface area contributed by atoms with Gasteiger partial charge in [-0.2, -0.15) is 0 Å². The van der Waals surface area contributed by atoms with Crippen molar-refractivity contribution in [2.24, 2.45) is 0 Å². The number of piperazine rings is 1. The molecule has 0 atom stereocenters. The fourth-order valence-electron chi connectivity index (χ4n) is 1.80. The Kier molecular flexibility index (Phi) is 3.14. The van der Waals surface area contributed by atoms with Gasteiger partial charge in [0.15, 0.2) is 5.13 Å². The molecule has 1 aliphatic heterocycles. The molecule has 4 nitrogen and oxygen atoms in total. The molecule has 2 rings (SSSR count). The molecule has 0 radical (unpaired) electrons. The largest absolute Gasteiger partial charge is 0.345 e. The van der Waals surface area contributed by atoms with Crippen molar-refractivity contribution < 1.29 is 4.79 Å². The third-order valence-corrected chi connectivity index (χ3v) is 4.15. The lowest BCUT2D eigenvalue weighted by atomic mass is 10.3. The number of thiazole rings is 1. The van der Waals surface area contributed by atoms with Gasteiger partial charge in [-0.05, 0) is 13.8 Å². The lowest BCUT2D eigenvalue weighted by Gasteiger charge is -2.33. The Hall–Kier alpha value is -1.10. The Morgan fingerprint density at radius 1 is 1.25 bits per heavy atom. The number of rotatable bonds is 1. The third-order valence-electron chi connectivity index (χ3n) is 3.01. The van der Waals surface area contributed by atoms with E-state index in [0.29, 0.717) is 0 Å². The molecule has 1 fully saturated rings. The molecule has 1 aromatic rings. The second-order valence-corrected chi connectivity index (χ2v) is 5.31. The van der Waals surface area contributed by atoms with Gasteiger partial charge < -0.3 is 9.80 Å². The second kappa shape index (κ2) is 4.41. The third kappa shape index (κ3) is 2.19. The van der Waals surface area contributed by atoms with Crippen molar-refractivity contribution in [2.45, 2.75) is 20.8 Å². The van der Waals surface area contributed by atoms with E-state index in [2.05, 4.69) is 16.8 Å². The molecule has 1 amide bonds. The highest BCUT2D eigenvalue weighted by molar-refractivity contribution is 7.15. The molecule has 0 spiro atoms. The molecule has 0 aromatic carbocycles. The van der Waals surface area contributed by atoms with E-state index in [9.17, 15) is 4.79 Å². The van der Waals surface area contributed by atoms with Crippen LogP contribution >= 0.6 is 11.3 Å². The Bertz CT molecular complexity index is 374. The summed E-state index contributed by atoms with van der Waals surface area (Å²) in [5.41, 5.74) is 1.12. The molecule has 0 aliphatic carbocycles. The molecule has 1 aliphatic rings. The zero-order valence-corrected chi connectivity index (χ0v) is 10.8. The number of anilines is 1. The van der Waals surface area contributed by atoms with Crippen LogP contribution in [0.2, 0.25) is 0 Å². The first-order chi connectivity index (χ1) is 7.58. The molecule has 0 unspecified atom stereocenters. The van der Waals surface area contributed by atoms with E-state index in [1.54, 1.807) is 18.3 Å². The minimum Gasteiger partial charge on any atom is -0.345 e. The highest BCUT2D eigenvalue weighted by Gasteiger charge is 2.20. The van der Waals surface area contributed by atoms with Crippen molar-refractivity contribution in [1.29, 1.82) is 0 Å². The number of carbonyl (C=O) groups is 1. The van der Waals surface area contributed by atoms with Crippen LogP contribution in [0, 0.1) is 13.8 Å². The molecule has 0 bridgehead atoms. The van der Waals surface area contributed by atoms with E-state index in [-0.39, 0.29) is 5.91 Å². The van der Waals surface area contributed by atoms with Crippen molar-refractivity contribution >= 4 is 22.4 Å². The maximum absolute atomic E-state index is 11.2. The van der Waals surface area contributed by atoms with Gasteiger partial charge in [0, 0.05) is 38.0 Å². The second-order valence-electron chi connectivity index (χ2n) is 4.13. The Balaban J connectivity index is 2.01. The van der Waals surface area contributed by atoms with Gasteiger partial charge in [0.1, 0.15) is 0 Å². The monoisotopic (exact) mass is 239 g/mol. The van der Waals surface area contributed by atoms with Gasteiger partial charge in [-0.25, -0.2) is 4.98 Å². The number of aryl methyl sites for hydroxylation is 2. The summed E-state index contributed by atoms with van der Waals surface area (Å²) < 4.78 is 0. The molecule has 0 saturated carbocycles. The summed E-state index contributed by atoms with van der Waals surface area (Å²) in [4.78, 5) is 21.2. The molecular formula is C11H17N3OS. The molecule has 5 heteroatoms. The van der Waals surface area contributed by atoms with Crippen molar-refractivity contribution in [1.82, 2.24) is 9.88 Å². The van der Waals surface area contributed by atoms with Crippen LogP contribution in [-0.2, 0) is 4.79 Å². The fraction of sp³-hybridized carbons (Fsp3) is 0.636. The fourth-order valence-corrected chi connectivity index (χ4v) is 2.77. The molecule has 88 valence electrons. The van der Waals surface area contributed by atoms with Gasteiger partial charge in [0.25, 0.3) is 0 Å². The predicted molar refractivity (Wildman–Crippen MR) is 66.1 cm³/mol. The average molecular weight is 239 g/mol. The summed E-state index contributed by atoms with van der Waals surface area (Å²) in [6, 6.07) is 0. The van der Waals surface area contributed by atoms with E-state index in [1.807, 2.05) is 11.8 Å². The maximum atomic E-state index is 11.2. The minimum atomic E-state index is 0.172. The van der Waals surface area contributed by atoms with Crippen molar-refractivity contribution in [3.63, 3.8) is 0 Å². The Morgan fingerprint density at radius 3 is 2.31 bits per heavy atom. The van der Waals surface area contributed by atoms with E-state index in [4.69, 9.17) is 0 Å². The summed E-state index contributed by atoms with van der Waals surface area (Å²) in [5, 5.41) is 1.10. The zero-order valence-electron chi connectivity index (χ0n) is 9.99. The first-order valence-electron chi connectivity index (χ1n) is 5.52. The number of hydrogen-bond acceptors (Lipinski definition) is 4. The number of nitrogens with zero attached hydrogens (tertiary/aromatic N) is 3. The van der Waals surface area contributed by atoms with Gasteiger partial charge in [-0.15, -0.1) is 11.3 Å². The van der Waals surface area contributed by atoms with Crippen LogP contribution in [-0.4, -0.2) is 42.0 Å². The summed E-state index contributed by atoms with van der Waals surface area (Å²) in [6.07, 6.45) is 0. The van der Waals surface area contributed by atoms with E-state index >= 15 is 0 Å². The van der Waals surface area contributed by atoms with Crippen molar-refractivity contribution in [2.75, 3.05) is 31.1 Å². The first-order valence-corrected chi connectivity index (χ1v) is 6.34. The Labute approximate surface area is 99.9 Å². The molecule has 0 N–H and O–H groups in total. The number of hydrogen-bond donors (Lipinski definition) is 0. The normalized spacial score (nSPS) is 16.7. The van der Waals surface area contributed by atoms with E-state index in [0.717, 1.165) is 37.0 Å². The summed E-state index contributed by atoms with van der Waals surface area (Å²) in [7, 11) is 0. The maximum Gasteiger partial charge on any atom is 0.219 e. The number of amides is 1. The lowest BCUT2D eigenvalue weighted by molar-refractivity contribution is -0.129. The highest BCUT2D eigenvalue weighted by atomic mass is 32.1. The summed E-state index contributed by atoms with van der Waals surface area (Å²) >= 11 is 1.74. The summed E-state index contributed by atoms with van der Waals surface area (Å²) in [5.74, 6) is 0.172. The van der Waals surface area contributed by atoms with Crippen LogP contribution in [0.25, 0.3) is 0 Å². The smallest absolute Gasteiger partial charge is 0.219 e. The van der Waals surface area contributed by atoms with E-state index in [1.165, 1.54) is 4.88 Å². The molecule has 16 heavy (non-hydrogen) atoms. The van der Waals surface area contributed by atoms with Crippen LogP contribution in [0.15, 0.2) is 0 Å². The van der Waals surface area contributed by atoms with Gasteiger partial charge in [0.2, 0.25) is 5.91 Å². The van der Waals surface area contributed by atoms with Crippen LogP contribution in [0.4, 0.5) is 5.13 Å². The molecule has 1 aromatic heterocycles. The minimum absolute atomic E-state index is 0.172. The molecular weight excluding hydrogens is 222 g/mol. The lowest BCUT2D eigenvalue weighted by Crippen LogP contribution is -2.48. The summed E-state index contributed by atoms with van der Waals surface area (Å²) in [6.45, 7) is 9.19. The van der Waals surface area contributed by atoms with Crippen LogP contribution in [0.3, 0.4) is 0 Å². The van der Waals surface area contributed by atoms with Crippen molar-refractivity contribution in [3.8, 4) is 0 Å². The first kappa shape index (κ1) is 11.4. The van der Waals surface area contributed by atoms with Crippen LogP contribution < -0.4 is 4.90 Å². The SMILES string of the molecule is CC(=O)N1CCN(c2nc(C)c(C)s2)CC1. The van der Waals surface area contributed by atoms with Gasteiger partial charge in [-0.3, -0.25) is 4.79 Å². The van der Waals surface area contributed by atoms with E-state index < -0.39 is 0 Å². The number of aromatic nitrogens is 1. The standard InChI is InChI=1S/C11H17N3OS/c1-8-9(2)16-11(12-8)14-6-4-13(5-7-14)10(3)15/h4-7H2,1-3H3.